The van der Waals surface area contributed by atoms with E-state index in [9.17, 15) is 4.79 Å². The molecule has 4 aromatic rings. The number of nitrogens with two attached hydrogens (primary N) is 1. The first-order valence-corrected chi connectivity index (χ1v) is 11.0. The second kappa shape index (κ2) is 7.66. The number of carbonyl (C=O) groups is 1. The molecule has 1 aliphatic carbocycles. The first-order valence-electron chi connectivity index (χ1n) is 10.1. The van der Waals surface area contributed by atoms with Gasteiger partial charge in [0.1, 0.15) is 0 Å². The number of hydrogen-bond donors (Lipinski definition) is 3. The molecule has 30 heavy (non-hydrogen) atoms. The van der Waals surface area contributed by atoms with E-state index in [0.29, 0.717) is 4.88 Å². The molecule has 1 amide bonds. The quantitative estimate of drug-likeness (QED) is 0.439. The smallest absolute Gasteiger partial charge is 0.261 e. The SMILES string of the molecule is C[n+]1cc(-c2cnc3c(-c4csc(C(=O)N[C@H]5CCCC[C@H]5N)c4)cnn3c2)c[nH]1. The van der Waals surface area contributed by atoms with Crippen molar-refractivity contribution in [1.29, 1.82) is 0 Å². The Balaban J connectivity index is 1.38. The van der Waals surface area contributed by atoms with Gasteiger partial charge in [0.2, 0.25) is 6.20 Å². The number of thiophene rings is 1. The van der Waals surface area contributed by atoms with Gasteiger partial charge in [0, 0.05) is 35.6 Å². The lowest BCUT2D eigenvalue weighted by Crippen LogP contribution is -2.49. The Morgan fingerprint density at radius 3 is 2.97 bits per heavy atom. The zero-order valence-corrected chi connectivity index (χ0v) is 17.5. The summed E-state index contributed by atoms with van der Waals surface area (Å²) in [6.45, 7) is 0. The topological polar surface area (TPSA) is 105 Å². The molecule has 0 saturated heterocycles. The van der Waals surface area contributed by atoms with Crippen molar-refractivity contribution < 1.29 is 9.48 Å². The minimum Gasteiger partial charge on any atom is -0.347 e. The Kier molecular flexibility index (Phi) is 4.84. The number of aryl methyl sites for hydroxylation is 1. The van der Waals surface area contributed by atoms with Crippen molar-refractivity contribution in [2.24, 2.45) is 12.8 Å². The van der Waals surface area contributed by atoms with E-state index in [1.807, 2.05) is 48.0 Å². The lowest BCUT2D eigenvalue weighted by molar-refractivity contribution is -0.726. The Hall–Kier alpha value is -3.04. The number of nitrogens with zero attached hydrogens (tertiary/aromatic N) is 4. The summed E-state index contributed by atoms with van der Waals surface area (Å²) in [6.07, 6.45) is 13.7. The third-order valence-electron chi connectivity index (χ3n) is 5.72. The molecule has 4 N–H and O–H groups in total. The third-order valence-corrected chi connectivity index (χ3v) is 6.65. The number of fused-ring (bicyclic) bond motifs is 1. The molecule has 2 atom stereocenters. The summed E-state index contributed by atoms with van der Waals surface area (Å²) in [4.78, 5) is 18.0. The molecule has 0 unspecified atom stereocenters. The van der Waals surface area contributed by atoms with Gasteiger partial charge < -0.3 is 11.1 Å². The molecule has 9 heteroatoms. The molecule has 1 fully saturated rings. The normalized spacial score (nSPS) is 19.3. The molecule has 0 aromatic carbocycles. The Morgan fingerprint density at radius 2 is 2.17 bits per heavy atom. The summed E-state index contributed by atoms with van der Waals surface area (Å²) < 4.78 is 3.66. The van der Waals surface area contributed by atoms with Gasteiger partial charge in [0.15, 0.2) is 12.7 Å². The number of aromatic nitrogens is 5. The van der Waals surface area contributed by atoms with Crippen LogP contribution < -0.4 is 15.7 Å². The predicted molar refractivity (Wildman–Crippen MR) is 115 cm³/mol. The van der Waals surface area contributed by atoms with Gasteiger partial charge in [-0.3, -0.25) is 4.79 Å². The fraction of sp³-hybridized carbons (Fsp3) is 0.333. The number of amides is 1. The molecule has 0 bridgehead atoms. The van der Waals surface area contributed by atoms with Gasteiger partial charge in [-0.05, 0) is 29.9 Å². The number of aromatic amines is 1. The van der Waals surface area contributed by atoms with Gasteiger partial charge in [-0.15, -0.1) is 16.0 Å². The Morgan fingerprint density at radius 1 is 1.30 bits per heavy atom. The van der Waals surface area contributed by atoms with Gasteiger partial charge in [-0.2, -0.15) is 10.2 Å². The second-order valence-corrected chi connectivity index (χ2v) is 8.78. The third kappa shape index (κ3) is 3.50. The average molecular weight is 423 g/mol. The highest BCUT2D eigenvalue weighted by molar-refractivity contribution is 7.12. The molecule has 4 heterocycles. The summed E-state index contributed by atoms with van der Waals surface area (Å²) in [7, 11) is 1.94. The van der Waals surface area contributed by atoms with Gasteiger partial charge in [0.05, 0.1) is 22.8 Å². The van der Waals surface area contributed by atoms with Crippen LogP contribution in [0.1, 0.15) is 35.4 Å². The van der Waals surface area contributed by atoms with Crippen molar-refractivity contribution in [2.45, 2.75) is 37.8 Å². The fourth-order valence-electron chi connectivity index (χ4n) is 4.01. The standard InChI is InChI=1S/C21H23N7OS/c1-27-10-15(8-24-27)14-7-23-20-16(9-25-28(20)11-14)13-6-19(30-12-13)21(29)26-18-5-3-2-4-17(18)22/h6-12,17-18H,2-5,22H2,1H3,(H,26,29)/p+1/t17-,18+/m1/s1. The molecule has 154 valence electrons. The lowest BCUT2D eigenvalue weighted by Gasteiger charge is -2.29. The monoisotopic (exact) mass is 422 g/mol. The number of hydrogen-bond acceptors (Lipinski definition) is 5. The summed E-state index contributed by atoms with van der Waals surface area (Å²) in [5.74, 6) is -0.0550. The summed E-state index contributed by atoms with van der Waals surface area (Å²) in [5, 5.41) is 12.7. The van der Waals surface area contributed by atoms with E-state index < -0.39 is 0 Å². The predicted octanol–water partition coefficient (Wildman–Crippen LogP) is 2.28. The first kappa shape index (κ1) is 19.0. The van der Waals surface area contributed by atoms with Crippen LogP contribution in [0.25, 0.3) is 27.9 Å². The van der Waals surface area contributed by atoms with Crippen LogP contribution in [0, 0.1) is 0 Å². The molecule has 5 rings (SSSR count). The van der Waals surface area contributed by atoms with E-state index in [0.717, 1.165) is 53.6 Å². The second-order valence-electron chi connectivity index (χ2n) is 7.87. The van der Waals surface area contributed by atoms with Crippen LogP contribution in [0.2, 0.25) is 0 Å². The van der Waals surface area contributed by atoms with Gasteiger partial charge in [-0.1, -0.05) is 12.8 Å². The lowest BCUT2D eigenvalue weighted by atomic mass is 9.91. The minimum absolute atomic E-state index is 0.0439. The van der Waals surface area contributed by atoms with Crippen LogP contribution in [0.3, 0.4) is 0 Å². The maximum absolute atomic E-state index is 12.7. The van der Waals surface area contributed by atoms with Crippen LogP contribution in [-0.4, -0.2) is 37.7 Å². The van der Waals surface area contributed by atoms with E-state index in [-0.39, 0.29) is 18.0 Å². The van der Waals surface area contributed by atoms with Crippen LogP contribution in [0.4, 0.5) is 0 Å². The molecule has 0 radical (unpaired) electrons. The van der Waals surface area contributed by atoms with Crippen molar-refractivity contribution in [3.63, 3.8) is 0 Å². The summed E-state index contributed by atoms with van der Waals surface area (Å²) in [5.41, 5.74) is 10.8. The van der Waals surface area contributed by atoms with Crippen LogP contribution >= 0.6 is 11.3 Å². The van der Waals surface area contributed by atoms with Gasteiger partial charge in [-0.25, -0.2) is 9.50 Å². The summed E-state index contributed by atoms with van der Waals surface area (Å²) in [6, 6.07) is 2.01. The Bertz CT molecular complexity index is 1210. The van der Waals surface area contributed by atoms with Gasteiger partial charge in [0.25, 0.3) is 5.91 Å². The zero-order valence-electron chi connectivity index (χ0n) is 16.7. The van der Waals surface area contributed by atoms with E-state index in [4.69, 9.17) is 5.73 Å². The maximum atomic E-state index is 12.7. The number of rotatable bonds is 4. The largest absolute Gasteiger partial charge is 0.347 e. The first-order chi connectivity index (χ1) is 14.6. The fourth-order valence-corrected chi connectivity index (χ4v) is 4.82. The van der Waals surface area contributed by atoms with Crippen molar-refractivity contribution in [2.75, 3.05) is 0 Å². The van der Waals surface area contributed by atoms with Crippen molar-refractivity contribution in [1.82, 2.24) is 25.0 Å². The number of carbonyl (C=O) groups excluding carboxylic acids is 1. The molecule has 0 aliphatic heterocycles. The van der Waals surface area contributed by atoms with E-state index in [1.54, 1.807) is 10.7 Å². The maximum Gasteiger partial charge on any atom is 0.261 e. The molecule has 1 saturated carbocycles. The highest BCUT2D eigenvalue weighted by atomic mass is 32.1. The molecule has 4 aromatic heterocycles. The molecular weight excluding hydrogens is 398 g/mol. The molecule has 1 aliphatic rings. The zero-order chi connectivity index (χ0) is 20.7. The van der Waals surface area contributed by atoms with Crippen molar-refractivity contribution >= 4 is 22.9 Å². The molecular formula is C21H24N7OS+. The van der Waals surface area contributed by atoms with Crippen LogP contribution in [0.15, 0.2) is 42.4 Å². The van der Waals surface area contributed by atoms with Crippen molar-refractivity contribution in [3.05, 3.63) is 47.3 Å². The molecule has 8 nitrogen and oxygen atoms in total. The highest BCUT2D eigenvalue weighted by Gasteiger charge is 2.24. The number of nitrogens with one attached hydrogen (secondary N) is 2. The molecule has 0 spiro atoms. The van der Waals surface area contributed by atoms with Crippen LogP contribution in [-0.2, 0) is 7.05 Å². The van der Waals surface area contributed by atoms with E-state index in [1.165, 1.54) is 11.3 Å². The summed E-state index contributed by atoms with van der Waals surface area (Å²) >= 11 is 1.43. The Labute approximate surface area is 177 Å². The van der Waals surface area contributed by atoms with Gasteiger partial charge >= 0.3 is 0 Å². The van der Waals surface area contributed by atoms with Crippen molar-refractivity contribution in [3.8, 4) is 22.3 Å². The highest BCUT2D eigenvalue weighted by Crippen LogP contribution is 2.29. The number of H-pyrrole nitrogens is 1. The average Bonchev–Trinajstić information content (AvgIpc) is 3.48. The van der Waals surface area contributed by atoms with E-state index in [2.05, 4.69) is 20.5 Å². The van der Waals surface area contributed by atoms with E-state index >= 15 is 0 Å². The minimum atomic E-state index is -0.0550. The van der Waals surface area contributed by atoms with Crippen LogP contribution in [0.5, 0.6) is 0 Å².